The third-order valence-electron chi connectivity index (χ3n) is 3.10. The number of carbonyl (C=O) groups excluding carboxylic acids is 1. The van der Waals surface area contributed by atoms with Crippen LogP contribution in [0.1, 0.15) is 10.4 Å². The second-order valence-corrected chi connectivity index (χ2v) is 7.63. The molecule has 0 saturated heterocycles. The van der Waals surface area contributed by atoms with E-state index >= 15 is 0 Å². The average molecular weight is 379 g/mol. The minimum atomic E-state index is -0.0127. The highest BCUT2D eigenvalue weighted by atomic mass is 79.9. The van der Waals surface area contributed by atoms with Crippen LogP contribution in [-0.4, -0.2) is 23.9 Å². The molecule has 0 spiro atoms. The fraction of sp³-hybridized carbons (Fsp3) is 0.235. The molecule has 22 heavy (non-hydrogen) atoms. The summed E-state index contributed by atoms with van der Waals surface area (Å²) in [5.41, 5.74) is 2.00. The molecular weight excluding hydrogens is 360 g/mol. The van der Waals surface area contributed by atoms with Gasteiger partial charge in [-0.2, -0.15) is 0 Å². The number of rotatable bonds is 7. The molecule has 0 radical (unpaired) electrons. The fourth-order valence-electron chi connectivity index (χ4n) is 2.07. The summed E-state index contributed by atoms with van der Waals surface area (Å²) in [6.07, 6.45) is 1.82. The van der Waals surface area contributed by atoms with Crippen molar-refractivity contribution in [2.24, 2.45) is 0 Å². The van der Waals surface area contributed by atoms with E-state index in [1.807, 2.05) is 43.3 Å². The highest BCUT2D eigenvalue weighted by Crippen LogP contribution is 2.23. The maximum atomic E-state index is 12.2. The topological polar surface area (TPSA) is 32.3 Å². The standard InChI is InChI=1S/C17H19BrN2OS/c1-3-10-20(11-15-8-9-16(18)22-15)12-17(21)19-14-6-4-13(2)5-7-14/h3-9H,1,10-12H2,2H3,(H,19,21). The summed E-state index contributed by atoms with van der Waals surface area (Å²) in [4.78, 5) is 15.5. The average Bonchev–Trinajstić information content (AvgIpc) is 2.87. The quantitative estimate of drug-likeness (QED) is 0.721. The number of hydrogen-bond acceptors (Lipinski definition) is 3. The van der Waals surface area contributed by atoms with Gasteiger partial charge in [0.2, 0.25) is 5.91 Å². The summed E-state index contributed by atoms with van der Waals surface area (Å²) in [5.74, 6) is -0.0127. The Hall–Kier alpha value is -1.43. The van der Waals surface area contributed by atoms with Gasteiger partial charge < -0.3 is 5.32 Å². The Kier molecular flexibility index (Phi) is 6.36. The number of benzene rings is 1. The van der Waals surface area contributed by atoms with Crippen LogP contribution < -0.4 is 5.32 Å². The van der Waals surface area contributed by atoms with Crippen molar-refractivity contribution in [3.05, 3.63) is 63.3 Å². The van der Waals surface area contributed by atoms with Crippen molar-refractivity contribution in [2.45, 2.75) is 13.5 Å². The lowest BCUT2D eigenvalue weighted by Crippen LogP contribution is -2.32. The summed E-state index contributed by atoms with van der Waals surface area (Å²) in [6, 6.07) is 11.9. The van der Waals surface area contributed by atoms with Crippen molar-refractivity contribution in [1.29, 1.82) is 0 Å². The Morgan fingerprint density at radius 1 is 1.32 bits per heavy atom. The molecule has 0 aliphatic carbocycles. The molecule has 0 saturated carbocycles. The third kappa shape index (κ3) is 5.40. The first-order chi connectivity index (χ1) is 10.6. The summed E-state index contributed by atoms with van der Waals surface area (Å²) >= 11 is 5.15. The van der Waals surface area contributed by atoms with Crippen molar-refractivity contribution in [3.63, 3.8) is 0 Å². The van der Waals surface area contributed by atoms with E-state index in [-0.39, 0.29) is 5.91 Å². The SMILES string of the molecule is C=CCN(CC(=O)Nc1ccc(C)cc1)Cc1ccc(Br)s1. The number of carbonyl (C=O) groups is 1. The van der Waals surface area contributed by atoms with Gasteiger partial charge >= 0.3 is 0 Å². The zero-order chi connectivity index (χ0) is 15.9. The Morgan fingerprint density at radius 3 is 2.64 bits per heavy atom. The highest BCUT2D eigenvalue weighted by Gasteiger charge is 2.11. The Bertz CT molecular complexity index is 636. The normalized spacial score (nSPS) is 10.7. The summed E-state index contributed by atoms with van der Waals surface area (Å²) in [5, 5.41) is 2.93. The number of nitrogens with zero attached hydrogens (tertiary/aromatic N) is 1. The molecule has 1 N–H and O–H groups in total. The van der Waals surface area contributed by atoms with E-state index in [2.05, 4.69) is 38.8 Å². The van der Waals surface area contributed by atoms with Crippen molar-refractivity contribution < 1.29 is 4.79 Å². The fourth-order valence-corrected chi connectivity index (χ4v) is 3.59. The number of anilines is 1. The predicted octanol–water partition coefficient (Wildman–Crippen LogP) is 4.45. The molecule has 1 aromatic heterocycles. The number of amides is 1. The van der Waals surface area contributed by atoms with Gasteiger partial charge in [-0.15, -0.1) is 17.9 Å². The first kappa shape index (κ1) is 16.9. The van der Waals surface area contributed by atoms with E-state index < -0.39 is 0 Å². The van der Waals surface area contributed by atoms with E-state index in [1.165, 1.54) is 10.4 Å². The van der Waals surface area contributed by atoms with Gasteiger partial charge in [0.25, 0.3) is 0 Å². The van der Waals surface area contributed by atoms with E-state index in [0.29, 0.717) is 13.1 Å². The van der Waals surface area contributed by atoms with Gasteiger partial charge in [0.05, 0.1) is 10.3 Å². The molecule has 1 heterocycles. The van der Waals surface area contributed by atoms with Crippen molar-refractivity contribution in [3.8, 4) is 0 Å². The van der Waals surface area contributed by atoms with Crippen molar-refractivity contribution in [1.82, 2.24) is 4.90 Å². The lowest BCUT2D eigenvalue weighted by Gasteiger charge is -2.19. The lowest BCUT2D eigenvalue weighted by molar-refractivity contribution is -0.117. The van der Waals surface area contributed by atoms with Crippen LogP contribution in [0.3, 0.4) is 0 Å². The number of aryl methyl sites for hydroxylation is 1. The second-order valence-electron chi connectivity index (χ2n) is 5.08. The van der Waals surface area contributed by atoms with Crippen LogP contribution in [0.25, 0.3) is 0 Å². The monoisotopic (exact) mass is 378 g/mol. The van der Waals surface area contributed by atoms with Crippen LogP contribution in [0.5, 0.6) is 0 Å². The Morgan fingerprint density at radius 2 is 2.05 bits per heavy atom. The van der Waals surface area contributed by atoms with Crippen molar-refractivity contribution >= 4 is 38.9 Å². The molecule has 0 aliphatic rings. The van der Waals surface area contributed by atoms with Crippen molar-refractivity contribution in [2.75, 3.05) is 18.4 Å². The number of hydrogen-bond donors (Lipinski definition) is 1. The van der Waals surface area contributed by atoms with Gasteiger partial charge in [0.15, 0.2) is 0 Å². The Balaban J connectivity index is 1.93. The molecule has 2 rings (SSSR count). The smallest absolute Gasteiger partial charge is 0.238 e. The molecule has 116 valence electrons. The lowest BCUT2D eigenvalue weighted by atomic mass is 10.2. The van der Waals surface area contributed by atoms with E-state index in [9.17, 15) is 4.79 Å². The minimum Gasteiger partial charge on any atom is -0.325 e. The molecule has 0 bridgehead atoms. The molecule has 0 aliphatic heterocycles. The highest BCUT2D eigenvalue weighted by molar-refractivity contribution is 9.11. The van der Waals surface area contributed by atoms with Gasteiger partial charge in [-0.25, -0.2) is 0 Å². The van der Waals surface area contributed by atoms with Crippen LogP contribution in [-0.2, 0) is 11.3 Å². The molecule has 1 amide bonds. The summed E-state index contributed by atoms with van der Waals surface area (Å²) in [7, 11) is 0. The molecule has 0 atom stereocenters. The molecular formula is C17H19BrN2OS. The Labute approximate surface area is 143 Å². The maximum absolute atomic E-state index is 12.2. The van der Waals surface area contributed by atoms with E-state index in [4.69, 9.17) is 0 Å². The van der Waals surface area contributed by atoms with Crippen LogP contribution in [0.2, 0.25) is 0 Å². The van der Waals surface area contributed by atoms with Crippen LogP contribution in [0, 0.1) is 6.92 Å². The molecule has 3 nitrogen and oxygen atoms in total. The molecule has 1 aromatic carbocycles. The molecule has 0 fully saturated rings. The second kappa shape index (κ2) is 8.27. The zero-order valence-electron chi connectivity index (χ0n) is 12.5. The van der Waals surface area contributed by atoms with Crippen LogP contribution in [0.15, 0.2) is 52.8 Å². The molecule has 2 aromatic rings. The first-order valence-corrected chi connectivity index (χ1v) is 8.62. The molecule has 5 heteroatoms. The first-order valence-electron chi connectivity index (χ1n) is 7.01. The third-order valence-corrected chi connectivity index (χ3v) is 4.71. The summed E-state index contributed by atoms with van der Waals surface area (Å²) in [6.45, 7) is 7.55. The number of halogens is 1. The maximum Gasteiger partial charge on any atom is 0.238 e. The zero-order valence-corrected chi connectivity index (χ0v) is 14.9. The van der Waals surface area contributed by atoms with Gasteiger partial charge in [0.1, 0.15) is 0 Å². The van der Waals surface area contributed by atoms with Gasteiger partial charge in [-0.1, -0.05) is 23.8 Å². The van der Waals surface area contributed by atoms with E-state index in [0.717, 1.165) is 16.0 Å². The van der Waals surface area contributed by atoms with Gasteiger partial charge in [0, 0.05) is 23.7 Å². The summed E-state index contributed by atoms with van der Waals surface area (Å²) < 4.78 is 1.10. The van der Waals surface area contributed by atoms with Gasteiger partial charge in [-0.3, -0.25) is 9.69 Å². The van der Waals surface area contributed by atoms with Crippen LogP contribution >= 0.6 is 27.3 Å². The predicted molar refractivity (Wildman–Crippen MR) is 97.3 cm³/mol. The number of nitrogens with one attached hydrogen (secondary N) is 1. The largest absolute Gasteiger partial charge is 0.325 e. The molecule has 0 unspecified atom stereocenters. The van der Waals surface area contributed by atoms with Gasteiger partial charge in [-0.05, 0) is 47.1 Å². The number of thiophene rings is 1. The minimum absolute atomic E-state index is 0.0127. The van der Waals surface area contributed by atoms with Crippen LogP contribution in [0.4, 0.5) is 5.69 Å². The van der Waals surface area contributed by atoms with E-state index in [1.54, 1.807) is 11.3 Å².